The predicted molar refractivity (Wildman–Crippen MR) is 158 cm³/mol. The average molecular weight is 549 g/mol. The van der Waals surface area contributed by atoms with Gasteiger partial charge in [0.05, 0.1) is 34.4 Å². The van der Waals surface area contributed by atoms with Gasteiger partial charge in [-0.25, -0.2) is 0 Å². The molecule has 3 atom stereocenters. The number of allylic oxidation sites excluding steroid dienone is 2. The van der Waals surface area contributed by atoms with E-state index in [-0.39, 0.29) is 12.7 Å². The molecule has 0 bridgehead atoms. The van der Waals surface area contributed by atoms with Gasteiger partial charge >= 0.3 is 7.60 Å². The molecule has 0 amide bonds. The molecule has 0 fully saturated rings. The Kier molecular flexibility index (Phi) is 23.5. The minimum absolute atomic E-state index is 0.0657. The fourth-order valence-electron chi connectivity index (χ4n) is 4.70. The summed E-state index contributed by atoms with van der Waals surface area (Å²) in [6.45, 7) is 5.32. The van der Waals surface area contributed by atoms with Crippen LogP contribution in [0.2, 0.25) is 0 Å². The summed E-state index contributed by atoms with van der Waals surface area (Å²) in [7, 11) is 3.58. The van der Waals surface area contributed by atoms with Crippen molar-refractivity contribution < 1.29 is 27.9 Å². The highest BCUT2D eigenvalue weighted by Gasteiger charge is 2.41. The van der Waals surface area contributed by atoms with E-state index < -0.39 is 13.4 Å². The number of quaternary nitrogens is 1. The molecule has 7 heteroatoms. The standard InChI is InChI=1S/C30H62NO5P/c1-7-9-10-11-12-13-14-15-16-17-18-19-20-21-22-23-24-25-26-35-27-29(34-6)28-36-37(32,33)30(8-2)31(3,4)5/h14-15,29-30H,7-13,16-28H2,1-6H3/p+1/b15-14-/t29-,30?/m1/s1. The first-order valence-electron chi connectivity index (χ1n) is 15.2. The van der Waals surface area contributed by atoms with Gasteiger partial charge in [-0.05, 0) is 32.1 Å². The van der Waals surface area contributed by atoms with Crippen LogP contribution in [0, 0.1) is 0 Å². The van der Waals surface area contributed by atoms with Gasteiger partial charge in [-0.15, -0.1) is 0 Å². The molecule has 1 N–H and O–H groups in total. The van der Waals surface area contributed by atoms with E-state index in [4.69, 9.17) is 14.0 Å². The molecule has 0 saturated heterocycles. The lowest BCUT2D eigenvalue weighted by Crippen LogP contribution is -2.45. The molecule has 0 radical (unpaired) electrons. The van der Waals surface area contributed by atoms with E-state index >= 15 is 0 Å². The van der Waals surface area contributed by atoms with Gasteiger partial charge in [-0.1, -0.05) is 96.6 Å². The van der Waals surface area contributed by atoms with E-state index in [0.717, 1.165) is 6.42 Å². The van der Waals surface area contributed by atoms with Crippen LogP contribution >= 0.6 is 7.60 Å². The topological polar surface area (TPSA) is 65.0 Å². The number of hydrogen-bond acceptors (Lipinski definition) is 4. The molecule has 222 valence electrons. The van der Waals surface area contributed by atoms with Crippen molar-refractivity contribution in [2.45, 2.75) is 135 Å². The molecule has 0 saturated carbocycles. The number of nitrogens with zero attached hydrogens (tertiary/aromatic N) is 1. The van der Waals surface area contributed by atoms with Crippen molar-refractivity contribution in [3.63, 3.8) is 0 Å². The Balaban J connectivity index is 3.61. The van der Waals surface area contributed by atoms with Gasteiger partial charge in [-0.3, -0.25) is 4.57 Å². The Bertz CT molecular complexity index is 579. The third-order valence-corrected chi connectivity index (χ3v) is 9.35. The Morgan fingerprint density at radius 2 is 1.24 bits per heavy atom. The molecule has 0 heterocycles. The quantitative estimate of drug-likeness (QED) is 0.0483. The maximum atomic E-state index is 12.7. The maximum absolute atomic E-state index is 12.7. The van der Waals surface area contributed by atoms with Crippen LogP contribution in [0.4, 0.5) is 0 Å². The van der Waals surface area contributed by atoms with Crippen LogP contribution in [-0.2, 0) is 18.6 Å². The molecule has 0 aliphatic carbocycles. The second kappa shape index (κ2) is 23.6. The summed E-state index contributed by atoms with van der Waals surface area (Å²) in [6, 6.07) is 0. The van der Waals surface area contributed by atoms with Crippen molar-refractivity contribution in [2.75, 3.05) is 48.1 Å². The predicted octanol–water partition coefficient (Wildman–Crippen LogP) is 8.48. The van der Waals surface area contributed by atoms with Crippen molar-refractivity contribution in [2.24, 2.45) is 0 Å². The smallest absolute Gasteiger partial charge is 0.379 e. The second-order valence-corrected chi connectivity index (χ2v) is 13.4. The minimum atomic E-state index is -3.74. The molecule has 0 aliphatic rings. The normalized spacial score (nSPS) is 15.8. The summed E-state index contributed by atoms with van der Waals surface area (Å²) in [5, 5.41) is 0. The summed E-state index contributed by atoms with van der Waals surface area (Å²) in [5.41, 5.74) is 0. The molecule has 2 unspecified atom stereocenters. The lowest BCUT2D eigenvalue weighted by molar-refractivity contribution is -0.883. The fraction of sp³-hybridized carbons (Fsp3) is 0.933. The Hall–Kier alpha value is -0.230. The zero-order valence-corrected chi connectivity index (χ0v) is 26.3. The van der Waals surface area contributed by atoms with Crippen molar-refractivity contribution in [3.8, 4) is 0 Å². The number of unbranched alkanes of at least 4 members (excludes halogenated alkanes) is 14. The van der Waals surface area contributed by atoms with Gasteiger partial charge in [0.25, 0.3) is 0 Å². The van der Waals surface area contributed by atoms with E-state index in [1.807, 2.05) is 28.1 Å². The zero-order chi connectivity index (χ0) is 27.8. The van der Waals surface area contributed by atoms with Crippen LogP contribution in [-0.4, -0.2) is 69.3 Å². The van der Waals surface area contributed by atoms with Crippen LogP contribution in [0.15, 0.2) is 12.2 Å². The molecule has 0 rings (SSSR count). The van der Waals surface area contributed by atoms with Crippen molar-refractivity contribution in [1.29, 1.82) is 0 Å². The van der Waals surface area contributed by atoms with Crippen molar-refractivity contribution in [3.05, 3.63) is 12.2 Å². The number of ether oxygens (including phenoxy) is 2. The number of methoxy groups -OCH3 is 1. The third-order valence-electron chi connectivity index (χ3n) is 7.02. The molecule has 0 aliphatic heterocycles. The Labute approximate surface area is 230 Å². The lowest BCUT2D eigenvalue weighted by atomic mass is 10.1. The first-order valence-corrected chi connectivity index (χ1v) is 16.9. The van der Waals surface area contributed by atoms with Gasteiger partial charge in [-0.2, -0.15) is 0 Å². The lowest BCUT2D eigenvalue weighted by Gasteiger charge is -2.35. The molecular formula is C30H63NO5P+. The molecule has 0 aromatic heterocycles. The van der Waals surface area contributed by atoms with Crippen molar-refractivity contribution in [1.82, 2.24) is 0 Å². The highest BCUT2D eigenvalue weighted by molar-refractivity contribution is 7.53. The van der Waals surface area contributed by atoms with E-state index in [1.165, 1.54) is 96.3 Å². The largest absolute Gasteiger partial charge is 0.385 e. The molecular weight excluding hydrogens is 485 g/mol. The molecule has 0 aromatic carbocycles. The zero-order valence-electron chi connectivity index (χ0n) is 25.4. The molecule has 6 nitrogen and oxygen atoms in total. The average Bonchev–Trinajstić information content (AvgIpc) is 2.84. The van der Waals surface area contributed by atoms with E-state index in [1.54, 1.807) is 7.11 Å². The number of hydrogen-bond donors (Lipinski definition) is 1. The SMILES string of the molecule is CCCCCCC/C=C\CCCCCCCCCCCOC[C@H](COP(=O)(O)C(CC)[N+](C)(C)C)OC. The van der Waals surface area contributed by atoms with Crippen LogP contribution in [0.1, 0.15) is 123 Å². The third kappa shape index (κ3) is 21.3. The highest BCUT2D eigenvalue weighted by Crippen LogP contribution is 2.51. The summed E-state index contributed by atoms with van der Waals surface area (Å²) in [4.78, 5) is 10.4. The maximum Gasteiger partial charge on any atom is 0.385 e. The first-order chi connectivity index (χ1) is 17.7. The Morgan fingerprint density at radius 3 is 1.70 bits per heavy atom. The summed E-state index contributed by atoms with van der Waals surface area (Å²) >= 11 is 0. The van der Waals surface area contributed by atoms with Crippen LogP contribution in [0.3, 0.4) is 0 Å². The van der Waals surface area contributed by atoms with Gasteiger partial charge in [0.2, 0.25) is 0 Å². The highest BCUT2D eigenvalue weighted by atomic mass is 31.2. The molecule has 37 heavy (non-hydrogen) atoms. The van der Waals surface area contributed by atoms with Gasteiger partial charge in [0, 0.05) is 20.1 Å². The van der Waals surface area contributed by atoms with Crippen molar-refractivity contribution >= 4 is 7.60 Å². The minimum Gasteiger partial charge on any atom is -0.379 e. The monoisotopic (exact) mass is 548 g/mol. The van der Waals surface area contributed by atoms with Gasteiger partial charge in [0.15, 0.2) is 5.78 Å². The molecule has 0 spiro atoms. The van der Waals surface area contributed by atoms with E-state index in [2.05, 4.69) is 19.1 Å². The second-order valence-electron chi connectivity index (χ2n) is 11.4. The van der Waals surface area contributed by atoms with E-state index in [0.29, 0.717) is 24.1 Å². The van der Waals surface area contributed by atoms with Crippen LogP contribution in [0.25, 0.3) is 0 Å². The molecule has 0 aromatic rings. The summed E-state index contributed by atoms with van der Waals surface area (Å²) in [6.07, 6.45) is 25.9. The van der Waals surface area contributed by atoms with Gasteiger partial charge in [0.1, 0.15) is 6.10 Å². The van der Waals surface area contributed by atoms with Gasteiger partial charge < -0.3 is 23.4 Å². The van der Waals surface area contributed by atoms with E-state index in [9.17, 15) is 9.46 Å². The van der Waals surface area contributed by atoms with Crippen LogP contribution < -0.4 is 0 Å². The number of rotatable bonds is 27. The fourth-order valence-corrected chi connectivity index (χ4v) is 6.59. The van der Waals surface area contributed by atoms with Crippen LogP contribution in [0.5, 0.6) is 0 Å². The first kappa shape index (κ1) is 36.8. The summed E-state index contributed by atoms with van der Waals surface area (Å²) < 4.78 is 29.7. The Morgan fingerprint density at radius 1 is 0.757 bits per heavy atom. The summed E-state index contributed by atoms with van der Waals surface area (Å²) in [5.74, 6) is -0.456.